The molecule has 6 nitrogen and oxygen atoms in total. The van der Waals surface area contributed by atoms with E-state index < -0.39 is 0 Å². The fraction of sp³-hybridized carbons (Fsp3) is 0.154. The number of amides is 1. The Labute approximate surface area is 118 Å². The van der Waals surface area contributed by atoms with Crippen molar-refractivity contribution in [3.05, 3.63) is 40.7 Å². The maximum absolute atomic E-state index is 12.1. The van der Waals surface area contributed by atoms with Crippen molar-refractivity contribution >= 4 is 33.1 Å². The number of carbonyl (C=O) groups is 1. The molecule has 0 radical (unpaired) electrons. The second kappa shape index (κ2) is 4.93. The van der Waals surface area contributed by atoms with E-state index in [0.29, 0.717) is 16.3 Å². The minimum absolute atomic E-state index is 0.237. The number of hydrogen-bond acceptors (Lipinski definition) is 6. The molecule has 3 rings (SSSR count). The standard InChI is InChI=1S/C13H12N4O2S/c1-7-5-8(19-17-7)6-16-12(18)11-10(14)9-3-2-4-15-13(9)20-11/h2-5H,6,14H2,1H3,(H,16,18). The number of aryl methyl sites for hydroxylation is 1. The molecule has 0 saturated carbocycles. The van der Waals surface area contributed by atoms with E-state index in [1.54, 1.807) is 18.3 Å². The van der Waals surface area contributed by atoms with E-state index in [1.165, 1.54) is 11.3 Å². The first-order chi connectivity index (χ1) is 9.65. The summed E-state index contributed by atoms with van der Waals surface area (Å²) in [5, 5.41) is 7.33. The van der Waals surface area contributed by atoms with E-state index in [2.05, 4.69) is 15.5 Å². The number of aromatic nitrogens is 2. The summed E-state index contributed by atoms with van der Waals surface area (Å²) in [6.45, 7) is 2.10. The zero-order valence-corrected chi connectivity index (χ0v) is 11.5. The number of hydrogen-bond donors (Lipinski definition) is 2. The van der Waals surface area contributed by atoms with Crippen molar-refractivity contribution in [1.82, 2.24) is 15.5 Å². The molecule has 0 fully saturated rings. The van der Waals surface area contributed by atoms with E-state index in [1.807, 2.05) is 13.0 Å². The van der Waals surface area contributed by atoms with Gasteiger partial charge in [0.1, 0.15) is 9.71 Å². The molecule has 3 aromatic rings. The molecule has 0 aromatic carbocycles. The minimum Gasteiger partial charge on any atom is -0.397 e. The normalized spacial score (nSPS) is 10.8. The Bertz CT molecular complexity index is 778. The molecule has 0 saturated heterocycles. The Balaban J connectivity index is 1.80. The summed E-state index contributed by atoms with van der Waals surface area (Å²) >= 11 is 1.28. The Morgan fingerprint density at radius 3 is 3.10 bits per heavy atom. The van der Waals surface area contributed by atoms with Crippen LogP contribution >= 0.6 is 11.3 Å². The summed E-state index contributed by atoms with van der Waals surface area (Å²) in [7, 11) is 0. The predicted molar refractivity (Wildman–Crippen MR) is 76.4 cm³/mol. The monoisotopic (exact) mass is 288 g/mol. The van der Waals surface area contributed by atoms with Gasteiger partial charge >= 0.3 is 0 Å². The molecular weight excluding hydrogens is 276 g/mol. The molecule has 7 heteroatoms. The van der Waals surface area contributed by atoms with Gasteiger partial charge in [-0.05, 0) is 19.1 Å². The smallest absolute Gasteiger partial charge is 0.263 e. The SMILES string of the molecule is Cc1cc(CNC(=O)c2sc3ncccc3c2N)on1. The molecule has 0 bridgehead atoms. The maximum Gasteiger partial charge on any atom is 0.263 e. The molecule has 0 spiro atoms. The van der Waals surface area contributed by atoms with Crippen LogP contribution in [0, 0.1) is 6.92 Å². The molecule has 0 atom stereocenters. The van der Waals surface area contributed by atoms with E-state index in [-0.39, 0.29) is 12.5 Å². The van der Waals surface area contributed by atoms with Crippen molar-refractivity contribution in [3.63, 3.8) is 0 Å². The number of nitrogens with one attached hydrogen (secondary N) is 1. The number of carbonyl (C=O) groups excluding carboxylic acids is 1. The van der Waals surface area contributed by atoms with E-state index in [9.17, 15) is 4.79 Å². The highest BCUT2D eigenvalue weighted by atomic mass is 32.1. The van der Waals surface area contributed by atoms with Gasteiger partial charge in [-0.25, -0.2) is 4.98 Å². The van der Waals surface area contributed by atoms with Crippen molar-refractivity contribution in [2.24, 2.45) is 0 Å². The largest absolute Gasteiger partial charge is 0.397 e. The Morgan fingerprint density at radius 1 is 1.55 bits per heavy atom. The predicted octanol–water partition coefficient (Wildman–Crippen LogP) is 2.10. The second-order valence-electron chi connectivity index (χ2n) is 4.32. The summed E-state index contributed by atoms with van der Waals surface area (Å²) in [5.74, 6) is 0.369. The fourth-order valence-electron chi connectivity index (χ4n) is 1.87. The van der Waals surface area contributed by atoms with Crippen LogP contribution in [0.2, 0.25) is 0 Å². The van der Waals surface area contributed by atoms with Crippen LogP contribution in [-0.4, -0.2) is 16.0 Å². The van der Waals surface area contributed by atoms with E-state index in [0.717, 1.165) is 15.9 Å². The van der Waals surface area contributed by atoms with Gasteiger partial charge in [-0.15, -0.1) is 11.3 Å². The third kappa shape index (κ3) is 2.23. The van der Waals surface area contributed by atoms with Gasteiger partial charge < -0.3 is 15.6 Å². The number of nitrogen functional groups attached to an aromatic ring is 1. The van der Waals surface area contributed by atoms with Crippen molar-refractivity contribution in [2.45, 2.75) is 13.5 Å². The van der Waals surface area contributed by atoms with Gasteiger partial charge in [0.25, 0.3) is 5.91 Å². The van der Waals surface area contributed by atoms with Crippen molar-refractivity contribution in [1.29, 1.82) is 0 Å². The lowest BCUT2D eigenvalue weighted by Crippen LogP contribution is -2.22. The number of anilines is 1. The Kier molecular flexibility index (Phi) is 3.11. The second-order valence-corrected chi connectivity index (χ2v) is 5.32. The zero-order chi connectivity index (χ0) is 14.1. The first-order valence-electron chi connectivity index (χ1n) is 5.98. The van der Waals surface area contributed by atoms with E-state index in [4.69, 9.17) is 10.3 Å². The number of nitrogens with zero attached hydrogens (tertiary/aromatic N) is 2. The van der Waals surface area contributed by atoms with Gasteiger partial charge in [0.2, 0.25) is 0 Å². The van der Waals surface area contributed by atoms with Gasteiger partial charge in [0.15, 0.2) is 5.76 Å². The topological polar surface area (TPSA) is 94.0 Å². The average molecular weight is 288 g/mol. The zero-order valence-electron chi connectivity index (χ0n) is 10.7. The summed E-state index contributed by atoms with van der Waals surface area (Å²) < 4.78 is 5.03. The molecule has 0 aliphatic heterocycles. The molecule has 3 heterocycles. The number of nitrogens with two attached hydrogens (primary N) is 1. The van der Waals surface area contributed by atoms with Gasteiger partial charge in [-0.2, -0.15) is 0 Å². The molecule has 0 unspecified atom stereocenters. The Morgan fingerprint density at radius 2 is 2.40 bits per heavy atom. The number of fused-ring (bicyclic) bond motifs is 1. The van der Waals surface area contributed by atoms with Crippen molar-refractivity contribution in [3.8, 4) is 0 Å². The van der Waals surface area contributed by atoms with Crippen molar-refractivity contribution < 1.29 is 9.32 Å². The summed E-state index contributed by atoms with van der Waals surface area (Å²) in [6, 6.07) is 5.42. The van der Waals surface area contributed by atoms with Gasteiger partial charge in [-0.1, -0.05) is 5.16 Å². The first kappa shape index (κ1) is 12.6. The quantitative estimate of drug-likeness (QED) is 0.769. The lowest BCUT2D eigenvalue weighted by atomic mass is 10.2. The average Bonchev–Trinajstić information content (AvgIpc) is 3.01. The highest BCUT2D eigenvalue weighted by Gasteiger charge is 2.17. The van der Waals surface area contributed by atoms with Crippen LogP contribution in [0.25, 0.3) is 10.2 Å². The molecule has 0 aliphatic rings. The van der Waals surface area contributed by atoms with Crippen LogP contribution < -0.4 is 11.1 Å². The lowest BCUT2D eigenvalue weighted by Gasteiger charge is -2.01. The van der Waals surface area contributed by atoms with Crippen LogP contribution in [0.5, 0.6) is 0 Å². The Hall–Kier alpha value is -2.41. The third-order valence-corrected chi connectivity index (χ3v) is 3.94. The summed E-state index contributed by atoms with van der Waals surface area (Å²) in [4.78, 5) is 17.6. The highest BCUT2D eigenvalue weighted by molar-refractivity contribution is 7.21. The van der Waals surface area contributed by atoms with Crippen molar-refractivity contribution in [2.75, 3.05) is 5.73 Å². The molecule has 3 N–H and O–H groups in total. The number of pyridine rings is 1. The number of thiophene rings is 1. The lowest BCUT2D eigenvalue weighted by molar-refractivity contribution is 0.0952. The molecule has 3 aromatic heterocycles. The number of rotatable bonds is 3. The molecule has 20 heavy (non-hydrogen) atoms. The third-order valence-electron chi connectivity index (χ3n) is 2.81. The van der Waals surface area contributed by atoms with Gasteiger partial charge in [0.05, 0.1) is 17.9 Å². The van der Waals surface area contributed by atoms with Crippen LogP contribution in [0.3, 0.4) is 0 Å². The maximum atomic E-state index is 12.1. The van der Waals surface area contributed by atoms with Crippen LogP contribution in [-0.2, 0) is 6.54 Å². The minimum atomic E-state index is -0.237. The summed E-state index contributed by atoms with van der Waals surface area (Å²) in [5.41, 5.74) is 7.23. The van der Waals surface area contributed by atoms with Crippen LogP contribution in [0.4, 0.5) is 5.69 Å². The fourth-order valence-corrected chi connectivity index (χ4v) is 2.85. The molecule has 1 amide bonds. The molecule has 0 aliphatic carbocycles. The van der Waals surface area contributed by atoms with Gasteiger partial charge in [0, 0.05) is 17.6 Å². The van der Waals surface area contributed by atoms with Crippen LogP contribution in [0.15, 0.2) is 28.9 Å². The van der Waals surface area contributed by atoms with E-state index >= 15 is 0 Å². The van der Waals surface area contributed by atoms with Crippen LogP contribution in [0.1, 0.15) is 21.1 Å². The summed E-state index contributed by atoms with van der Waals surface area (Å²) in [6.07, 6.45) is 1.68. The molecule has 102 valence electrons. The molecular formula is C13H12N4O2S. The van der Waals surface area contributed by atoms with Gasteiger partial charge in [-0.3, -0.25) is 4.79 Å². The highest BCUT2D eigenvalue weighted by Crippen LogP contribution is 2.31. The first-order valence-corrected chi connectivity index (χ1v) is 6.80.